The van der Waals surface area contributed by atoms with Gasteiger partial charge in [0.15, 0.2) is 0 Å². The van der Waals surface area contributed by atoms with E-state index in [4.69, 9.17) is 5.73 Å². The van der Waals surface area contributed by atoms with Crippen LogP contribution < -0.4 is 5.73 Å². The topological polar surface area (TPSA) is 26.0 Å². The highest BCUT2D eigenvalue weighted by Crippen LogP contribution is 2.31. The summed E-state index contributed by atoms with van der Waals surface area (Å²) in [5.74, 6) is 1.19. The second-order valence-electron chi connectivity index (χ2n) is 5.68. The third-order valence-electron chi connectivity index (χ3n) is 3.98. The molecule has 100 valence electrons. The van der Waals surface area contributed by atoms with Crippen molar-refractivity contribution >= 4 is 15.9 Å². The lowest BCUT2D eigenvalue weighted by atomic mass is 9.77. The monoisotopic (exact) mass is 313 g/mol. The van der Waals surface area contributed by atoms with Gasteiger partial charge < -0.3 is 5.73 Å². The molecule has 3 heteroatoms. The molecule has 0 saturated heterocycles. The van der Waals surface area contributed by atoms with Gasteiger partial charge in [-0.15, -0.1) is 0 Å². The van der Waals surface area contributed by atoms with Crippen molar-refractivity contribution in [3.05, 3.63) is 34.1 Å². The lowest BCUT2D eigenvalue weighted by Crippen LogP contribution is -2.35. The van der Waals surface area contributed by atoms with Crippen molar-refractivity contribution in [1.82, 2.24) is 0 Å². The molecule has 0 aromatic heterocycles. The summed E-state index contributed by atoms with van der Waals surface area (Å²) in [7, 11) is 0. The smallest absolute Gasteiger partial charge is 0.124 e. The molecule has 3 atom stereocenters. The molecule has 0 amide bonds. The molecule has 18 heavy (non-hydrogen) atoms. The third-order valence-corrected chi connectivity index (χ3v) is 4.43. The van der Waals surface area contributed by atoms with Crippen LogP contribution in [0, 0.1) is 17.7 Å². The lowest BCUT2D eigenvalue weighted by molar-refractivity contribution is 0.245. The van der Waals surface area contributed by atoms with Crippen LogP contribution in [-0.2, 0) is 6.42 Å². The molecule has 1 fully saturated rings. The van der Waals surface area contributed by atoms with Gasteiger partial charge in [0, 0.05) is 10.5 Å². The van der Waals surface area contributed by atoms with Gasteiger partial charge in [-0.1, -0.05) is 35.7 Å². The Bertz CT molecular complexity index is 387. The van der Waals surface area contributed by atoms with Crippen molar-refractivity contribution in [1.29, 1.82) is 0 Å². The molecule has 0 heterocycles. The van der Waals surface area contributed by atoms with Gasteiger partial charge >= 0.3 is 0 Å². The van der Waals surface area contributed by atoms with E-state index in [9.17, 15) is 4.39 Å². The standard InChI is InChI=1S/C15H21BrFN/c1-10-3-2-4-12(5-10)15(18)8-11-6-13(16)9-14(17)7-11/h6-7,9-10,12,15H,2-5,8,18H2,1H3. The van der Waals surface area contributed by atoms with Crippen molar-refractivity contribution in [2.24, 2.45) is 17.6 Å². The number of hydrogen-bond acceptors (Lipinski definition) is 1. The van der Waals surface area contributed by atoms with Crippen LogP contribution in [0.25, 0.3) is 0 Å². The maximum Gasteiger partial charge on any atom is 0.124 e. The van der Waals surface area contributed by atoms with Gasteiger partial charge in [-0.25, -0.2) is 4.39 Å². The number of rotatable bonds is 3. The molecule has 2 rings (SSSR count). The van der Waals surface area contributed by atoms with E-state index < -0.39 is 0 Å². The number of nitrogens with two attached hydrogens (primary N) is 1. The zero-order chi connectivity index (χ0) is 13.1. The summed E-state index contributed by atoms with van der Waals surface area (Å²) < 4.78 is 14.1. The zero-order valence-electron chi connectivity index (χ0n) is 10.8. The minimum atomic E-state index is -0.191. The molecule has 1 aromatic carbocycles. The van der Waals surface area contributed by atoms with E-state index in [2.05, 4.69) is 22.9 Å². The Balaban J connectivity index is 1.99. The predicted octanol–water partition coefficient (Wildman–Crippen LogP) is 4.28. The Morgan fingerprint density at radius 1 is 1.39 bits per heavy atom. The summed E-state index contributed by atoms with van der Waals surface area (Å²) in [4.78, 5) is 0. The largest absolute Gasteiger partial charge is 0.327 e. The second-order valence-corrected chi connectivity index (χ2v) is 6.59. The fourth-order valence-corrected chi connectivity index (χ4v) is 3.55. The highest BCUT2D eigenvalue weighted by molar-refractivity contribution is 9.10. The van der Waals surface area contributed by atoms with E-state index in [1.54, 1.807) is 6.07 Å². The second kappa shape index (κ2) is 6.16. The molecule has 1 aliphatic rings. The maximum absolute atomic E-state index is 13.3. The van der Waals surface area contributed by atoms with E-state index in [1.807, 2.05) is 6.07 Å². The Morgan fingerprint density at radius 3 is 2.83 bits per heavy atom. The Kier molecular flexibility index (Phi) is 4.79. The third kappa shape index (κ3) is 3.79. The van der Waals surface area contributed by atoms with Crippen LogP contribution in [0.5, 0.6) is 0 Å². The summed E-state index contributed by atoms with van der Waals surface area (Å²) in [6, 6.07) is 5.20. The molecule has 0 radical (unpaired) electrons. The van der Waals surface area contributed by atoms with Crippen molar-refractivity contribution in [3.63, 3.8) is 0 Å². The molecule has 0 aliphatic heterocycles. The summed E-state index contributed by atoms with van der Waals surface area (Å²) in [5, 5.41) is 0. The van der Waals surface area contributed by atoms with Crippen molar-refractivity contribution < 1.29 is 4.39 Å². The SMILES string of the molecule is CC1CCCC(C(N)Cc2cc(F)cc(Br)c2)C1. The number of benzene rings is 1. The van der Waals surface area contributed by atoms with Crippen LogP contribution in [0.4, 0.5) is 4.39 Å². The van der Waals surface area contributed by atoms with Gasteiger partial charge in [-0.05, 0) is 54.9 Å². The predicted molar refractivity (Wildman–Crippen MR) is 76.9 cm³/mol. The van der Waals surface area contributed by atoms with Crippen molar-refractivity contribution in [2.75, 3.05) is 0 Å². The van der Waals surface area contributed by atoms with Gasteiger partial charge in [0.25, 0.3) is 0 Å². The maximum atomic E-state index is 13.3. The molecular formula is C15H21BrFN. The van der Waals surface area contributed by atoms with E-state index >= 15 is 0 Å². The highest BCUT2D eigenvalue weighted by Gasteiger charge is 2.24. The van der Waals surface area contributed by atoms with Crippen molar-refractivity contribution in [3.8, 4) is 0 Å². The summed E-state index contributed by atoms with van der Waals surface area (Å²) in [6.07, 6.45) is 5.83. The van der Waals surface area contributed by atoms with Crippen LogP contribution >= 0.6 is 15.9 Å². The molecule has 1 saturated carbocycles. The first-order chi connectivity index (χ1) is 8.54. The summed E-state index contributed by atoms with van der Waals surface area (Å²) >= 11 is 3.33. The quantitative estimate of drug-likeness (QED) is 0.885. The van der Waals surface area contributed by atoms with E-state index in [0.29, 0.717) is 5.92 Å². The van der Waals surface area contributed by atoms with Crippen LogP contribution in [0.15, 0.2) is 22.7 Å². The van der Waals surface area contributed by atoms with Gasteiger partial charge in [-0.2, -0.15) is 0 Å². The van der Waals surface area contributed by atoms with Gasteiger partial charge in [-0.3, -0.25) is 0 Å². The lowest BCUT2D eigenvalue weighted by Gasteiger charge is -2.31. The Morgan fingerprint density at radius 2 is 2.17 bits per heavy atom. The van der Waals surface area contributed by atoms with E-state index in [-0.39, 0.29) is 11.9 Å². The van der Waals surface area contributed by atoms with Crippen LogP contribution in [0.2, 0.25) is 0 Å². The number of hydrogen-bond donors (Lipinski definition) is 1. The van der Waals surface area contributed by atoms with E-state index in [0.717, 1.165) is 22.4 Å². The van der Waals surface area contributed by atoms with Crippen LogP contribution in [0.3, 0.4) is 0 Å². The average molecular weight is 314 g/mol. The fraction of sp³-hybridized carbons (Fsp3) is 0.600. The summed E-state index contributed by atoms with van der Waals surface area (Å²) in [6.45, 7) is 2.30. The minimum absolute atomic E-state index is 0.154. The Hall–Kier alpha value is -0.410. The van der Waals surface area contributed by atoms with Crippen LogP contribution in [0.1, 0.15) is 38.2 Å². The molecule has 1 aromatic rings. The van der Waals surface area contributed by atoms with Gasteiger partial charge in [0.05, 0.1) is 0 Å². The first kappa shape index (κ1) is 14.0. The molecule has 0 spiro atoms. The Labute approximate surface area is 117 Å². The summed E-state index contributed by atoms with van der Waals surface area (Å²) in [5.41, 5.74) is 7.30. The first-order valence-electron chi connectivity index (χ1n) is 6.75. The average Bonchev–Trinajstić information content (AvgIpc) is 2.27. The first-order valence-corrected chi connectivity index (χ1v) is 7.54. The molecular weight excluding hydrogens is 293 g/mol. The molecule has 0 bridgehead atoms. The molecule has 2 N–H and O–H groups in total. The molecule has 3 unspecified atom stereocenters. The van der Waals surface area contributed by atoms with Crippen LogP contribution in [-0.4, -0.2) is 6.04 Å². The zero-order valence-corrected chi connectivity index (χ0v) is 12.4. The highest BCUT2D eigenvalue weighted by atomic mass is 79.9. The van der Waals surface area contributed by atoms with E-state index in [1.165, 1.54) is 31.7 Å². The minimum Gasteiger partial charge on any atom is -0.327 e. The van der Waals surface area contributed by atoms with Gasteiger partial charge in [0.2, 0.25) is 0 Å². The fourth-order valence-electron chi connectivity index (χ4n) is 3.04. The van der Waals surface area contributed by atoms with Gasteiger partial charge in [0.1, 0.15) is 5.82 Å². The number of halogens is 2. The molecule has 1 aliphatic carbocycles. The molecule has 1 nitrogen and oxygen atoms in total. The normalized spacial score (nSPS) is 26.0. The van der Waals surface area contributed by atoms with Crippen molar-refractivity contribution in [2.45, 2.75) is 45.1 Å².